The van der Waals surface area contributed by atoms with E-state index in [1.807, 2.05) is 13.1 Å². The van der Waals surface area contributed by atoms with Crippen LogP contribution in [0.15, 0.2) is 22.7 Å². The first kappa shape index (κ1) is 12.1. The van der Waals surface area contributed by atoms with Crippen molar-refractivity contribution < 1.29 is 4.39 Å². The highest BCUT2D eigenvalue weighted by Crippen LogP contribution is 2.31. The summed E-state index contributed by atoms with van der Waals surface area (Å²) >= 11 is 3.33. The summed E-state index contributed by atoms with van der Waals surface area (Å²) in [6, 6.07) is 5.95. The van der Waals surface area contributed by atoms with E-state index in [9.17, 15) is 4.39 Å². The van der Waals surface area contributed by atoms with Crippen molar-refractivity contribution in [1.29, 1.82) is 0 Å². The van der Waals surface area contributed by atoms with Crippen LogP contribution in [0.4, 0.5) is 4.39 Å². The second-order valence-corrected chi connectivity index (χ2v) is 5.37. The molecule has 2 rings (SSSR count). The van der Waals surface area contributed by atoms with E-state index in [-0.39, 0.29) is 5.82 Å². The molecule has 0 spiro atoms. The number of hydrogen-bond acceptors (Lipinski definition) is 1. The fraction of sp³-hybridized carbons (Fsp3) is 0.538. The number of benzene rings is 1. The fourth-order valence-corrected chi connectivity index (χ4v) is 2.97. The predicted octanol–water partition coefficient (Wildman–Crippen LogP) is 3.52. The molecule has 0 saturated heterocycles. The Kier molecular flexibility index (Phi) is 3.98. The van der Waals surface area contributed by atoms with Gasteiger partial charge in [-0.25, -0.2) is 4.39 Å². The molecule has 3 heteroatoms. The quantitative estimate of drug-likeness (QED) is 0.896. The van der Waals surface area contributed by atoms with Crippen molar-refractivity contribution in [1.82, 2.24) is 5.32 Å². The van der Waals surface area contributed by atoms with Crippen molar-refractivity contribution in [3.05, 3.63) is 34.1 Å². The van der Waals surface area contributed by atoms with Crippen LogP contribution < -0.4 is 5.32 Å². The SMILES string of the molecule is CNC1CCC(Cc2cccc(F)c2Br)C1. The minimum Gasteiger partial charge on any atom is -0.317 e. The van der Waals surface area contributed by atoms with E-state index in [0.29, 0.717) is 16.4 Å². The summed E-state index contributed by atoms with van der Waals surface area (Å²) in [5.41, 5.74) is 1.10. The number of nitrogens with one attached hydrogen (secondary N) is 1. The second kappa shape index (κ2) is 5.28. The lowest BCUT2D eigenvalue weighted by Crippen LogP contribution is -2.21. The first-order valence-electron chi connectivity index (χ1n) is 5.81. The van der Waals surface area contributed by atoms with Gasteiger partial charge in [-0.05, 0) is 66.2 Å². The maximum atomic E-state index is 13.3. The molecule has 88 valence electrons. The van der Waals surface area contributed by atoms with E-state index in [4.69, 9.17) is 0 Å². The largest absolute Gasteiger partial charge is 0.317 e. The molecule has 0 heterocycles. The molecule has 1 N–H and O–H groups in total. The maximum Gasteiger partial charge on any atom is 0.137 e. The van der Waals surface area contributed by atoms with Crippen molar-refractivity contribution in [3.63, 3.8) is 0 Å². The fourth-order valence-electron chi connectivity index (χ4n) is 2.54. The summed E-state index contributed by atoms with van der Waals surface area (Å²) in [4.78, 5) is 0. The van der Waals surface area contributed by atoms with E-state index >= 15 is 0 Å². The Labute approximate surface area is 105 Å². The molecule has 1 saturated carbocycles. The maximum absolute atomic E-state index is 13.3. The van der Waals surface area contributed by atoms with Gasteiger partial charge in [0.1, 0.15) is 5.82 Å². The topological polar surface area (TPSA) is 12.0 Å². The zero-order valence-electron chi connectivity index (χ0n) is 9.47. The van der Waals surface area contributed by atoms with Gasteiger partial charge in [0.25, 0.3) is 0 Å². The summed E-state index contributed by atoms with van der Waals surface area (Å²) in [6.07, 6.45) is 4.68. The third-order valence-corrected chi connectivity index (χ3v) is 4.38. The van der Waals surface area contributed by atoms with Gasteiger partial charge < -0.3 is 5.32 Å². The molecule has 16 heavy (non-hydrogen) atoms. The van der Waals surface area contributed by atoms with Crippen molar-refractivity contribution in [2.24, 2.45) is 5.92 Å². The zero-order valence-corrected chi connectivity index (χ0v) is 11.1. The zero-order chi connectivity index (χ0) is 11.5. The molecule has 0 aromatic heterocycles. The number of rotatable bonds is 3. The first-order chi connectivity index (χ1) is 7.70. The lowest BCUT2D eigenvalue weighted by atomic mass is 9.98. The average molecular weight is 286 g/mol. The van der Waals surface area contributed by atoms with Gasteiger partial charge in [-0.15, -0.1) is 0 Å². The third kappa shape index (κ3) is 2.64. The molecule has 1 nitrogen and oxygen atoms in total. The van der Waals surface area contributed by atoms with E-state index < -0.39 is 0 Å². The Morgan fingerprint density at radius 2 is 2.25 bits per heavy atom. The summed E-state index contributed by atoms with van der Waals surface area (Å²) < 4.78 is 14.0. The van der Waals surface area contributed by atoms with Crippen molar-refractivity contribution >= 4 is 15.9 Å². The Morgan fingerprint density at radius 3 is 2.94 bits per heavy atom. The molecule has 0 amide bonds. The van der Waals surface area contributed by atoms with Crippen LogP contribution in [-0.4, -0.2) is 13.1 Å². The highest BCUT2D eigenvalue weighted by atomic mass is 79.9. The van der Waals surface area contributed by atoms with Crippen LogP contribution in [0, 0.1) is 11.7 Å². The van der Waals surface area contributed by atoms with Crippen molar-refractivity contribution in [2.75, 3.05) is 7.05 Å². The number of halogens is 2. The first-order valence-corrected chi connectivity index (χ1v) is 6.60. The lowest BCUT2D eigenvalue weighted by Gasteiger charge is -2.12. The van der Waals surface area contributed by atoms with Crippen molar-refractivity contribution in [3.8, 4) is 0 Å². The van der Waals surface area contributed by atoms with Crippen LogP contribution in [0.5, 0.6) is 0 Å². The molecule has 1 aliphatic carbocycles. The summed E-state index contributed by atoms with van der Waals surface area (Å²) in [5.74, 6) is 0.538. The molecule has 0 bridgehead atoms. The summed E-state index contributed by atoms with van der Waals surface area (Å²) in [7, 11) is 2.02. The smallest absolute Gasteiger partial charge is 0.137 e. The molecule has 1 aromatic carbocycles. The second-order valence-electron chi connectivity index (χ2n) is 4.58. The van der Waals surface area contributed by atoms with Crippen LogP contribution in [0.2, 0.25) is 0 Å². The van der Waals surface area contributed by atoms with Gasteiger partial charge in [-0.1, -0.05) is 12.1 Å². The molecule has 1 aliphatic rings. The molecule has 2 unspecified atom stereocenters. The van der Waals surface area contributed by atoms with Crippen LogP contribution in [0.25, 0.3) is 0 Å². The van der Waals surface area contributed by atoms with Gasteiger partial charge in [0.05, 0.1) is 4.47 Å². The normalized spacial score (nSPS) is 24.9. The van der Waals surface area contributed by atoms with Gasteiger partial charge in [0, 0.05) is 6.04 Å². The lowest BCUT2D eigenvalue weighted by molar-refractivity contribution is 0.507. The highest BCUT2D eigenvalue weighted by molar-refractivity contribution is 9.10. The van der Waals surface area contributed by atoms with Gasteiger partial charge in [-0.3, -0.25) is 0 Å². The minimum atomic E-state index is -0.152. The molecule has 1 fully saturated rings. The molecule has 1 aromatic rings. The van der Waals surface area contributed by atoms with Crippen LogP contribution in [0.1, 0.15) is 24.8 Å². The molecular weight excluding hydrogens is 269 g/mol. The monoisotopic (exact) mass is 285 g/mol. The van der Waals surface area contributed by atoms with Gasteiger partial charge in [-0.2, -0.15) is 0 Å². The predicted molar refractivity (Wildman–Crippen MR) is 68.0 cm³/mol. The van der Waals surface area contributed by atoms with E-state index in [2.05, 4.69) is 21.2 Å². The molecule has 0 radical (unpaired) electrons. The minimum absolute atomic E-state index is 0.152. The Morgan fingerprint density at radius 1 is 1.44 bits per heavy atom. The molecule has 0 aliphatic heterocycles. The molecular formula is C13H17BrFN. The van der Waals surface area contributed by atoms with Crippen LogP contribution >= 0.6 is 15.9 Å². The average Bonchev–Trinajstić information content (AvgIpc) is 2.73. The van der Waals surface area contributed by atoms with Gasteiger partial charge >= 0.3 is 0 Å². The van der Waals surface area contributed by atoms with Gasteiger partial charge in [0.2, 0.25) is 0 Å². The van der Waals surface area contributed by atoms with E-state index in [0.717, 1.165) is 12.0 Å². The van der Waals surface area contributed by atoms with Crippen LogP contribution in [-0.2, 0) is 6.42 Å². The third-order valence-electron chi connectivity index (χ3n) is 3.49. The summed E-state index contributed by atoms with van der Waals surface area (Å²) in [5, 5.41) is 3.32. The van der Waals surface area contributed by atoms with E-state index in [1.165, 1.54) is 25.3 Å². The standard InChI is InChI=1S/C13H17BrFN/c1-16-11-6-5-9(8-11)7-10-3-2-4-12(15)13(10)14/h2-4,9,11,16H,5-8H2,1H3. The van der Waals surface area contributed by atoms with Crippen molar-refractivity contribution in [2.45, 2.75) is 31.7 Å². The Balaban J connectivity index is 2.02. The van der Waals surface area contributed by atoms with Crippen LogP contribution in [0.3, 0.4) is 0 Å². The van der Waals surface area contributed by atoms with Gasteiger partial charge in [0.15, 0.2) is 0 Å². The van der Waals surface area contributed by atoms with E-state index in [1.54, 1.807) is 6.07 Å². The summed E-state index contributed by atoms with van der Waals surface area (Å²) in [6.45, 7) is 0. The Hall–Kier alpha value is -0.410. The highest BCUT2D eigenvalue weighted by Gasteiger charge is 2.24. The molecule has 2 atom stereocenters. The number of hydrogen-bond donors (Lipinski definition) is 1. The Bertz CT molecular complexity index is 367.